The van der Waals surface area contributed by atoms with Crippen LogP contribution in [0.3, 0.4) is 0 Å². The second-order valence-corrected chi connectivity index (χ2v) is 9.19. The predicted molar refractivity (Wildman–Crippen MR) is 135 cm³/mol. The van der Waals surface area contributed by atoms with Gasteiger partial charge in [0, 0.05) is 10.4 Å². The molecule has 0 aliphatic rings. The Morgan fingerprint density at radius 3 is 2.59 bits per heavy atom. The van der Waals surface area contributed by atoms with Crippen molar-refractivity contribution >= 4 is 50.2 Å². The molecule has 0 amide bonds. The monoisotopic (exact) mass is 496 g/mol. The Kier molecular flexibility index (Phi) is 6.72. The smallest absolute Gasteiger partial charge is 0.341 e. The van der Waals surface area contributed by atoms with E-state index in [2.05, 4.69) is 9.97 Å². The summed E-state index contributed by atoms with van der Waals surface area (Å²) in [5.41, 5.74) is 3.39. The fourth-order valence-electron chi connectivity index (χ4n) is 3.55. The molecule has 4 aromatic rings. The number of carbonyl (C=O) groups is 1. The Balaban J connectivity index is 1.71. The molecule has 0 aliphatic carbocycles. The van der Waals surface area contributed by atoms with Gasteiger partial charge >= 0.3 is 5.97 Å². The van der Waals surface area contributed by atoms with Crippen LogP contribution in [0.1, 0.15) is 21.8 Å². The van der Waals surface area contributed by atoms with Gasteiger partial charge in [-0.05, 0) is 43.2 Å². The van der Waals surface area contributed by atoms with Crippen molar-refractivity contribution in [1.82, 2.24) is 9.97 Å². The van der Waals surface area contributed by atoms with Gasteiger partial charge in [0.1, 0.15) is 4.83 Å². The lowest BCUT2D eigenvalue weighted by molar-refractivity contribution is -0.139. The molecule has 0 bridgehead atoms. The Hall–Kier alpha value is -3.62. The SMILES string of the molecule is COc1cc(/C=C(/Cl)c2nc3sc(C)c(-c4ccc(C)cc4)c3c(=O)[nH]2)ccc1OCC(=O)O. The van der Waals surface area contributed by atoms with Crippen molar-refractivity contribution in [2.24, 2.45) is 0 Å². The van der Waals surface area contributed by atoms with Crippen LogP contribution in [-0.4, -0.2) is 34.8 Å². The van der Waals surface area contributed by atoms with Crippen molar-refractivity contribution in [3.63, 3.8) is 0 Å². The van der Waals surface area contributed by atoms with Crippen molar-refractivity contribution in [1.29, 1.82) is 0 Å². The number of benzene rings is 2. The van der Waals surface area contributed by atoms with Gasteiger partial charge < -0.3 is 19.6 Å². The Labute approximate surface area is 204 Å². The molecule has 0 unspecified atom stereocenters. The van der Waals surface area contributed by atoms with Crippen molar-refractivity contribution in [2.45, 2.75) is 13.8 Å². The van der Waals surface area contributed by atoms with Gasteiger partial charge in [-0.25, -0.2) is 9.78 Å². The summed E-state index contributed by atoms with van der Waals surface area (Å²) in [4.78, 5) is 32.8. The van der Waals surface area contributed by atoms with E-state index in [1.54, 1.807) is 24.3 Å². The van der Waals surface area contributed by atoms with E-state index in [1.165, 1.54) is 18.4 Å². The number of aryl methyl sites for hydroxylation is 2. The first kappa shape index (κ1) is 23.5. The summed E-state index contributed by atoms with van der Waals surface area (Å²) in [6.45, 7) is 3.50. The lowest BCUT2D eigenvalue weighted by atomic mass is 10.0. The van der Waals surface area contributed by atoms with Crippen LogP contribution in [-0.2, 0) is 4.79 Å². The Morgan fingerprint density at radius 1 is 1.18 bits per heavy atom. The molecule has 34 heavy (non-hydrogen) atoms. The summed E-state index contributed by atoms with van der Waals surface area (Å²) in [7, 11) is 1.45. The topological polar surface area (TPSA) is 102 Å². The summed E-state index contributed by atoms with van der Waals surface area (Å²) >= 11 is 7.96. The van der Waals surface area contributed by atoms with E-state index in [0.717, 1.165) is 21.6 Å². The van der Waals surface area contributed by atoms with Gasteiger partial charge in [0.25, 0.3) is 5.56 Å². The first-order chi connectivity index (χ1) is 16.3. The van der Waals surface area contributed by atoms with Gasteiger partial charge in [0.15, 0.2) is 23.9 Å². The maximum absolute atomic E-state index is 13.0. The largest absolute Gasteiger partial charge is 0.493 e. The van der Waals surface area contributed by atoms with E-state index >= 15 is 0 Å². The van der Waals surface area contributed by atoms with Crippen LogP contribution in [0, 0.1) is 13.8 Å². The van der Waals surface area contributed by atoms with Crippen LogP contribution in [0.2, 0.25) is 0 Å². The number of aliphatic carboxylic acids is 1. The minimum absolute atomic E-state index is 0.239. The number of ether oxygens (including phenoxy) is 2. The van der Waals surface area contributed by atoms with Gasteiger partial charge in [0.2, 0.25) is 0 Å². The second kappa shape index (κ2) is 9.70. The quantitative estimate of drug-likeness (QED) is 0.351. The molecule has 0 saturated heterocycles. The van der Waals surface area contributed by atoms with Crippen molar-refractivity contribution < 1.29 is 19.4 Å². The second-order valence-electron chi connectivity index (χ2n) is 7.58. The van der Waals surface area contributed by atoms with Gasteiger partial charge in [0.05, 0.1) is 17.5 Å². The number of nitrogens with zero attached hydrogens (tertiary/aromatic N) is 1. The third-order valence-electron chi connectivity index (χ3n) is 5.14. The molecule has 2 aromatic carbocycles. The normalized spacial score (nSPS) is 11.6. The highest BCUT2D eigenvalue weighted by molar-refractivity contribution is 7.19. The van der Waals surface area contributed by atoms with Crippen LogP contribution < -0.4 is 15.0 Å². The summed E-state index contributed by atoms with van der Waals surface area (Å²) in [5, 5.41) is 9.58. The van der Waals surface area contributed by atoms with E-state index in [9.17, 15) is 9.59 Å². The fraction of sp³-hybridized carbons (Fsp3) is 0.160. The van der Waals surface area contributed by atoms with Crippen molar-refractivity contribution in [2.75, 3.05) is 13.7 Å². The molecule has 7 nitrogen and oxygen atoms in total. The van der Waals surface area contributed by atoms with Crippen LogP contribution >= 0.6 is 22.9 Å². The zero-order chi connectivity index (χ0) is 24.4. The van der Waals surface area contributed by atoms with E-state index in [0.29, 0.717) is 27.3 Å². The molecule has 0 atom stereocenters. The standard InChI is InChI=1S/C25H21ClN2O5S/c1-13-4-7-16(8-5-13)21-14(2)34-25-22(21)24(31)27-23(28-25)17(26)10-15-6-9-18(19(11-15)32-3)33-12-20(29)30/h4-11H,12H2,1-3H3,(H,29,30)(H,27,28,31)/b17-10+. The fourth-order valence-corrected chi connectivity index (χ4v) is 4.81. The number of aromatic nitrogens is 2. The van der Waals surface area contributed by atoms with Crippen molar-refractivity contribution in [3.8, 4) is 22.6 Å². The van der Waals surface area contributed by atoms with E-state index in [4.69, 9.17) is 26.2 Å². The average molecular weight is 497 g/mol. The summed E-state index contributed by atoms with van der Waals surface area (Å²) in [5.74, 6) is -0.188. The van der Waals surface area contributed by atoms with Crippen LogP contribution in [0.25, 0.3) is 32.5 Å². The summed E-state index contributed by atoms with van der Waals surface area (Å²) in [6, 6.07) is 13.0. The van der Waals surface area contributed by atoms with E-state index < -0.39 is 12.6 Å². The van der Waals surface area contributed by atoms with Gasteiger partial charge in [-0.15, -0.1) is 11.3 Å². The van der Waals surface area contributed by atoms with Gasteiger partial charge in [-0.1, -0.05) is 47.5 Å². The number of H-pyrrole nitrogens is 1. The van der Waals surface area contributed by atoms with Crippen LogP contribution in [0.15, 0.2) is 47.3 Å². The summed E-state index contributed by atoms with van der Waals surface area (Å²) in [6.07, 6.45) is 1.64. The third kappa shape index (κ3) is 4.83. The Bertz CT molecular complexity index is 1470. The predicted octanol–water partition coefficient (Wildman–Crippen LogP) is 5.48. The molecule has 2 N–H and O–H groups in total. The molecule has 0 spiro atoms. The highest BCUT2D eigenvalue weighted by atomic mass is 35.5. The molecule has 4 rings (SSSR count). The zero-order valence-electron chi connectivity index (χ0n) is 18.6. The first-order valence-corrected chi connectivity index (χ1v) is 11.5. The molecule has 0 fully saturated rings. The molecule has 0 aliphatic heterocycles. The van der Waals surface area contributed by atoms with E-state index in [-0.39, 0.29) is 16.4 Å². The zero-order valence-corrected chi connectivity index (χ0v) is 20.2. The molecule has 0 saturated carbocycles. The van der Waals surface area contributed by atoms with Gasteiger partial charge in [-0.3, -0.25) is 4.79 Å². The lowest BCUT2D eigenvalue weighted by Gasteiger charge is -2.10. The van der Waals surface area contributed by atoms with Crippen LogP contribution in [0.4, 0.5) is 0 Å². The lowest BCUT2D eigenvalue weighted by Crippen LogP contribution is -2.10. The number of nitrogens with one attached hydrogen (secondary N) is 1. The molecular formula is C25H21ClN2O5S. The highest BCUT2D eigenvalue weighted by Crippen LogP contribution is 2.36. The molecule has 2 heterocycles. The minimum Gasteiger partial charge on any atom is -0.493 e. The highest BCUT2D eigenvalue weighted by Gasteiger charge is 2.17. The third-order valence-corrected chi connectivity index (χ3v) is 6.42. The number of rotatable bonds is 7. The molecular weight excluding hydrogens is 476 g/mol. The number of carboxylic acids is 1. The first-order valence-electron chi connectivity index (χ1n) is 10.3. The number of aromatic amines is 1. The number of hydrogen-bond donors (Lipinski definition) is 2. The van der Waals surface area contributed by atoms with Crippen molar-refractivity contribution in [3.05, 3.63) is 74.6 Å². The number of methoxy groups -OCH3 is 1. The number of thiophene rings is 1. The maximum Gasteiger partial charge on any atom is 0.341 e. The number of carboxylic acid groups (broad SMARTS) is 1. The van der Waals surface area contributed by atoms with E-state index in [1.807, 2.05) is 38.1 Å². The van der Waals surface area contributed by atoms with Crippen LogP contribution in [0.5, 0.6) is 11.5 Å². The van der Waals surface area contributed by atoms with Gasteiger partial charge in [-0.2, -0.15) is 0 Å². The maximum atomic E-state index is 13.0. The molecule has 9 heteroatoms. The number of fused-ring (bicyclic) bond motifs is 1. The molecule has 174 valence electrons. The number of halogens is 1. The Morgan fingerprint density at radius 2 is 1.91 bits per heavy atom. The average Bonchev–Trinajstić information content (AvgIpc) is 3.14. The molecule has 0 radical (unpaired) electrons. The number of hydrogen-bond acceptors (Lipinski definition) is 6. The minimum atomic E-state index is -1.09. The summed E-state index contributed by atoms with van der Waals surface area (Å²) < 4.78 is 10.5. The molecule has 2 aromatic heterocycles.